The molecule has 0 unspecified atom stereocenters. The Balaban J connectivity index is 2.72. The highest BCUT2D eigenvalue weighted by Gasteiger charge is 2.41. The molecule has 0 heterocycles. The highest BCUT2D eigenvalue weighted by atomic mass is 31.2. The molecule has 1 aliphatic rings. The predicted molar refractivity (Wildman–Crippen MR) is 59.1 cm³/mol. The van der Waals surface area contributed by atoms with Crippen LogP contribution in [0.4, 0.5) is 0 Å². The van der Waals surface area contributed by atoms with E-state index in [0.717, 1.165) is 19.3 Å². The van der Waals surface area contributed by atoms with Crippen molar-refractivity contribution in [1.29, 1.82) is 0 Å². The van der Waals surface area contributed by atoms with Gasteiger partial charge in [-0.2, -0.15) is 0 Å². The molecule has 5 heteroatoms. The van der Waals surface area contributed by atoms with E-state index in [-0.39, 0.29) is 5.66 Å². The van der Waals surface area contributed by atoms with Crippen molar-refractivity contribution in [3.63, 3.8) is 0 Å². The van der Waals surface area contributed by atoms with Gasteiger partial charge in [0.1, 0.15) is 0 Å². The van der Waals surface area contributed by atoms with E-state index in [1.54, 1.807) is 13.8 Å². The van der Waals surface area contributed by atoms with Gasteiger partial charge in [-0.3, -0.25) is 4.57 Å². The van der Waals surface area contributed by atoms with Crippen LogP contribution in [0.1, 0.15) is 39.5 Å². The first kappa shape index (κ1) is 13.2. The molecule has 1 fully saturated rings. The second-order valence-electron chi connectivity index (χ2n) is 3.79. The summed E-state index contributed by atoms with van der Waals surface area (Å²) in [5.74, 6) is 0. The third-order valence-corrected chi connectivity index (χ3v) is 5.37. The van der Waals surface area contributed by atoms with Crippen LogP contribution < -0.4 is 0 Å². The second-order valence-corrected chi connectivity index (χ2v) is 6.05. The lowest BCUT2D eigenvalue weighted by atomic mass is 9.97. The van der Waals surface area contributed by atoms with Crippen LogP contribution in [0, 0.1) is 0 Å². The van der Waals surface area contributed by atoms with E-state index >= 15 is 0 Å². The smallest absolute Gasteiger partial charge is 0.336 e. The Kier molecular flexibility index (Phi) is 5.27. The number of hydrogen-bond donors (Lipinski definition) is 1. The molecular weight excluding hydrogens is 215 g/mol. The highest BCUT2D eigenvalue weighted by Crippen LogP contribution is 2.57. The Morgan fingerprint density at radius 2 is 1.73 bits per heavy atom. The van der Waals surface area contributed by atoms with Crippen molar-refractivity contribution < 1.29 is 18.7 Å². The lowest BCUT2D eigenvalue weighted by Gasteiger charge is -2.32. The molecule has 0 aromatic heterocycles. The van der Waals surface area contributed by atoms with E-state index in [1.165, 1.54) is 0 Å². The van der Waals surface area contributed by atoms with E-state index < -0.39 is 13.7 Å². The standard InChI is InChI=1S/C10H21O4P/c1-3-13-15(12,14-4-2)10-8-6-5-7-9(10)11/h9-11H,3-8H2,1-2H3/t9-,10+/m1/s1. The number of aliphatic hydroxyl groups excluding tert-OH is 1. The first-order chi connectivity index (χ1) is 7.14. The maximum Gasteiger partial charge on any atom is 0.336 e. The highest BCUT2D eigenvalue weighted by molar-refractivity contribution is 7.54. The number of rotatable bonds is 5. The van der Waals surface area contributed by atoms with E-state index in [4.69, 9.17) is 9.05 Å². The minimum atomic E-state index is -3.10. The van der Waals surface area contributed by atoms with Crippen LogP contribution in [0.5, 0.6) is 0 Å². The van der Waals surface area contributed by atoms with E-state index in [2.05, 4.69) is 0 Å². The molecule has 15 heavy (non-hydrogen) atoms. The molecular formula is C10H21O4P. The minimum absolute atomic E-state index is 0.328. The zero-order valence-corrected chi connectivity index (χ0v) is 10.4. The average Bonchev–Trinajstić information content (AvgIpc) is 2.19. The summed E-state index contributed by atoms with van der Waals surface area (Å²) in [5, 5.41) is 9.83. The van der Waals surface area contributed by atoms with Crippen LogP contribution in [0.2, 0.25) is 0 Å². The zero-order valence-electron chi connectivity index (χ0n) is 9.52. The average molecular weight is 236 g/mol. The van der Waals surface area contributed by atoms with Crippen molar-refractivity contribution in [2.45, 2.75) is 51.3 Å². The van der Waals surface area contributed by atoms with E-state index in [1.807, 2.05) is 0 Å². The quantitative estimate of drug-likeness (QED) is 0.745. The second kappa shape index (κ2) is 6.00. The van der Waals surface area contributed by atoms with Gasteiger partial charge in [-0.25, -0.2) is 0 Å². The molecule has 0 amide bonds. The lowest BCUT2D eigenvalue weighted by molar-refractivity contribution is 0.109. The third kappa shape index (κ3) is 3.28. The van der Waals surface area contributed by atoms with Crippen LogP contribution in [-0.4, -0.2) is 30.1 Å². The van der Waals surface area contributed by atoms with Crippen LogP contribution in [0.15, 0.2) is 0 Å². The molecule has 4 nitrogen and oxygen atoms in total. The number of aliphatic hydroxyl groups is 1. The molecule has 1 aliphatic carbocycles. The summed E-state index contributed by atoms with van der Waals surface area (Å²) in [4.78, 5) is 0. The largest absolute Gasteiger partial charge is 0.392 e. The first-order valence-corrected chi connectivity index (χ1v) is 7.32. The van der Waals surface area contributed by atoms with Gasteiger partial charge in [-0.1, -0.05) is 12.8 Å². The van der Waals surface area contributed by atoms with Gasteiger partial charge < -0.3 is 14.2 Å². The fraction of sp³-hybridized carbons (Fsp3) is 1.00. The fourth-order valence-electron chi connectivity index (χ4n) is 2.05. The van der Waals surface area contributed by atoms with Crippen molar-refractivity contribution in [3.8, 4) is 0 Å². The number of hydrogen-bond acceptors (Lipinski definition) is 4. The maximum atomic E-state index is 12.4. The molecule has 0 aromatic carbocycles. The molecule has 0 radical (unpaired) electrons. The van der Waals surface area contributed by atoms with Gasteiger partial charge >= 0.3 is 7.60 Å². The van der Waals surface area contributed by atoms with Crippen molar-refractivity contribution in [2.75, 3.05) is 13.2 Å². The molecule has 1 N–H and O–H groups in total. The molecule has 0 saturated heterocycles. The Labute approximate surface area is 91.5 Å². The molecule has 0 spiro atoms. The van der Waals surface area contributed by atoms with Gasteiger partial charge in [0.25, 0.3) is 0 Å². The summed E-state index contributed by atoms with van der Waals surface area (Å²) in [6.07, 6.45) is 2.89. The Morgan fingerprint density at radius 1 is 1.20 bits per heavy atom. The SMILES string of the molecule is CCOP(=O)(OCC)[C@H]1CCCC[C@H]1O. The van der Waals surface area contributed by atoms with Crippen molar-refractivity contribution >= 4 is 7.60 Å². The zero-order chi connectivity index (χ0) is 11.3. The van der Waals surface area contributed by atoms with Crippen LogP contribution >= 0.6 is 7.60 Å². The van der Waals surface area contributed by atoms with Gasteiger partial charge in [0, 0.05) is 0 Å². The van der Waals surface area contributed by atoms with Gasteiger partial charge in [-0.05, 0) is 26.7 Å². The summed E-state index contributed by atoms with van der Waals surface area (Å²) in [6.45, 7) is 4.31. The van der Waals surface area contributed by atoms with Crippen LogP contribution in [-0.2, 0) is 13.6 Å². The summed E-state index contributed by atoms with van der Waals surface area (Å²) in [7, 11) is -3.10. The first-order valence-electron chi connectivity index (χ1n) is 5.71. The Morgan fingerprint density at radius 3 is 2.20 bits per heavy atom. The summed E-state index contributed by atoms with van der Waals surface area (Å²) in [6, 6.07) is 0. The lowest BCUT2D eigenvalue weighted by Crippen LogP contribution is -2.31. The van der Waals surface area contributed by atoms with E-state index in [9.17, 15) is 9.67 Å². The Hall–Kier alpha value is 0.110. The predicted octanol–water partition coefficient (Wildman–Crippen LogP) is 2.56. The van der Waals surface area contributed by atoms with Gasteiger partial charge in [0.05, 0.1) is 25.0 Å². The normalized spacial score (nSPS) is 27.9. The van der Waals surface area contributed by atoms with Crippen molar-refractivity contribution in [2.24, 2.45) is 0 Å². The van der Waals surface area contributed by atoms with Gasteiger partial charge in [0.15, 0.2) is 0 Å². The Bertz CT molecular complexity index is 221. The van der Waals surface area contributed by atoms with Crippen LogP contribution in [0.25, 0.3) is 0 Å². The van der Waals surface area contributed by atoms with Gasteiger partial charge in [-0.15, -0.1) is 0 Å². The summed E-state index contributed by atoms with van der Waals surface area (Å²) >= 11 is 0. The third-order valence-electron chi connectivity index (χ3n) is 2.72. The monoisotopic (exact) mass is 236 g/mol. The van der Waals surface area contributed by atoms with E-state index in [0.29, 0.717) is 19.6 Å². The fourth-order valence-corrected chi connectivity index (χ4v) is 4.30. The molecule has 0 bridgehead atoms. The topological polar surface area (TPSA) is 55.8 Å². The minimum Gasteiger partial charge on any atom is -0.392 e. The van der Waals surface area contributed by atoms with Crippen LogP contribution in [0.3, 0.4) is 0 Å². The molecule has 1 rings (SSSR count). The molecule has 2 atom stereocenters. The van der Waals surface area contributed by atoms with Crippen molar-refractivity contribution in [1.82, 2.24) is 0 Å². The molecule has 1 saturated carbocycles. The summed E-state index contributed by atoms with van der Waals surface area (Å²) < 4.78 is 22.9. The van der Waals surface area contributed by atoms with Gasteiger partial charge in [0.2, 0.25) is 0 Å². The summed E-state index contributed by atoms with van der Waals surface area (Å²) in [5.41, 5.74) is -0.328. The molecule has 0 aromatic rings. The maximum absolute atomic E-state index is 12.4. The molecule has 0 aliphatic heterocycles. The van der Waals surface area contributed by atoms with Crippen molar-refractivity contribution in [3.05, 3.63) is 0 Å². The molecule has 90 valence electrons.